The number of likely N-dealkylation sites (tertiary alicyclic amines) is 1. The van der Waals surface area contributed by atoms with E-state index in [0.717, 1.165) is 36.3 Å². The number of piperidine rings is 1. The first-order valence-corrected chi connectivity index (χ1v) is 9.59. The van der Waals surface area contributed by atoms with Gasteiger partial charge in [-0.25, -0.2) is 0 Å². The van der Waals surface area contributed by atoms with Crippen molar-refractivity contribution in [1.82, 2.24) is 10.2 Å². The monoisotopic (exact) mass is 294 g/mol. The normalized spacial score (nSPS) is 35.3. The molecule has 0 aromatic carbocycles. The first-order valence-electron chi connectivity index (χ1n) is 9.59. The van der Waals surface area contributed by atoms with Gasteiger partial charge >= 0.3 is 0 Å². The Morgan fingerprint density at radius 3 is 2.62 bits per heavy atom. The van der Waals surface area contributed by atoms with Crippen LogP contribution in [0.4, 0.5) is 0 Å². The average Bonchev–Trinajstić information content (AvgIpc) is 2.49. The van der Waals surface area contributed by atoms with Gasteiger partial charge in [-0.1, -0.05) is 34.1 Å². The van der Waals surface area contributed by atoms with Crippen LogP contribution in [0.15, 0.2) is 0 Å². The Balaban J connectivity index is 1.92. The SMILES string of the molecule is CCNC1CCC(C(C)C)CC1CN1CCCC(CC)C1. The van der Waals surface area contributed by atoms with Crippen LogP contribution in [0.25, 0.3) is 0 Å². The fraction of sp³-hybridized carbons (Fsp3) is 1.00. The molecule has 1 aliphatic carbocycles. The summed E-state index contributed by atoms with van der Waals surface area (Å²) in [6, 6.07) is 0.770. The minimum Gasteiger partial charge on any atom is -0.314 e. The second-order valence-electron chi connectivity index (χ2n) is 7.92. The van der Waals surface area contributed by atoms with E-state index in [1.165, 1.54) is 58.2 Å². The highest BCUT2D eigenvalue weighted by atomic mass is 15.1. The molecule has 2 fully saturated rings. The van der Waals surface area contributed by atoms with Crippen molar-refractivity contribution in [2.75, 3.05) is 26.2 Å². The molecular formula is C19H38N2. The van der Waals surface area contributed by atoms with E-state index >= 15 is 0 Å². The minimum absolute atomic E-state index is 0.770. The van der Waals surface area contributed by atoms with Crippen molar-refractivity contribution < 1.29 is 0 Å². The van der Waals surface area contributed by atoms with Crippen molar-refractivity contribution in [2.45, 2.75) is 72.3 Å². The van der Waals surface area contributed by atoms with Crippen molar-refractivity contribution in [1.29, 1.82) is 0 Å². The molecule has 2 aliphatic rings. The topological polar surface area (TPSA) is 15.3 Å². The van der Waals surface area contributed by atoms with Gasteiger partial charge in [0.25, 0.3) is 0 Å². The van der Waals surface area contributed by atoms with E-state index < -0.39 is 0 Å². The van der Waals surface area contributed by atoms with E-state index in [9.17, 15) is 0 Å². The maximum absolute atomic E-state index is 3.78. The third kappa shape index (κ3) is 4.96. The predicted molar refractivity (Wildman–Crippen MR) is 92.6 cm³/mol. The maximum atomic E-state index is 3.78. The summed E-state index contributed by atoms with van der Waals surface area (Å²) in [6.07, 6.45) is 8.53. The first-order chi connectivity index (χ1) is 10.1. The summed E-state index contributed by atoms with van der Waals surface area (Å²) in [4.78, 5) is 2.79. The highest BCUT2D eigenvalue weighted by molar-refractivity contribution is 4.88. The second kappa shape index (κ2) is 8.53. The number of rotatable bonds is 6. The Morgan fingerprint density at radius 2 is 1.95 bits per heavy atom. The largest absolute Gasteiger partial charge is 0.314 e. The summed E-state index contributed by atoms with van der Waals surface area (Å²) >= 11 is 0. The number of nitrogens with zero attached hydrogens (tertiary/aromatic N) is 1. The lowest BCUT2D eigenvalue weighted by Crippen LogP contribution is -2.48. The molecule has 124 valence electrons. The van der Waals surface area contributed by atoms with Crippen LogP contribution in [0.5, 0.6) is 0 Å². The van der Waals surface area contributed by atoms with Gasteiger partial charge in [0, 0.05) is 19.1 Å². The first kappa shape index (κ1) is 17.3. The molecule has 1 aliphatic heterocycles. The molecular weight excluding hydrogens is 256 g/mol. The van der Waals surface area contributed by atoms with Crippen molar-refractivity contribution >= 4 is 0 Å². The summed E-state index contributed by atoms with van der Waals surface area (Å²) < 4.78 is 0. The van der Waals surface area contributed by atoms with Crippen molar-refractivity contribution in [3.8, 4) is 0 Å². The Bertz CT molecular complexity index is 289. The van der Waals surface area contributed by atoms with Gasteiger partial charge in [0.15, 0.2) is 0 Å². The van der Waals surface area contributed by atoms with Gasteiger partial charge in [-0.3, -0.25) is 0 Å². The van der Waals surface area contributed by atoms with Gasteiger partial charge in [-0.2, -0.15) is 0 Å². The van der Waals surface area contributed by atoms with E-state index in [-0.39, 0.29) is 0 Å². The summed E-state index contributed by atoms with van der Waals surface area (Å²) in [6.45, 7) is 14.6. The smallest absolute Gasteiger partial charge is 0.0108 e. The fourth-order valence-electron chi connectivity index (χ4n) is 4.62. The lowest BCUT2D eigenvalue weighted by Gasteiger charge is -2.42. The molecule has 0 amide bonds. The average molecular weight is 295 g/mol. The molecule has 2 heteroatoms. The summed E-state index contributed by atoms with van der Waals surface area (Å²) in [5.41, 5.74) is 0. The molecule has 0 radical (unpaired) electrons. The van der Waals surface area contributed by atoms with Gasteiger partial charge in [-0.05, 0) is 68.9 Å². The van der Waals surface area contributed by atoms with E-state index in [4.69, 9.17) is 0 Å². The third-order valence-corrected chi connectivity index (χ3v) is 6.11. The Morgan fingerprint density at radius 1 is 1.14 bits per heavy atom. The molecule has 4 atom stereocenters. The molecule has 2 nitrogen and oxygen atoms in total. The summed E-state index contributed by atoms with van der Waals surface area (Å²) in [5.74, 6) is 3.65. The Hall–Kier alpha value is -0.0800. The number of hydrogen-bond acceptors (Lipinski definition) is 2. The van der Waals surface area contributed by atoms with Crippen LogP contribution in [-0.2, 0) is 0 Å². The van der Waals surface area contributed by atoms with Crippen LogP contribution in [-0.4, -0.2) is 37.1 Å². The van der Waals surface area contributed by atoms with Crippen LogP contribution in [0.1, 0.15) is 66.2 Å². The van der Waals surface area contributed by atoms with E-state index in [0.29, 0.717) is 0 Å². The second-order valence-corrected chi connectivity index (χ2v) is 7.92. The zero-order valence-corrected chi connectivity index (χ0v) is 14.9. The molecule has 21 heavy (non-hydrogen) atoms. The Kier molecular flexibility index (Phi) is 7.01. The molecule has 0 aromatic rings. The van der Waals surface area contributed by atoms with E-state index in [1.54, 1.807) is 0 Å². The van der Waals surface area contributed by atoms with Crippen LogP contribution in [0.3, 0.4) is 0 Å². The minimum atomic E-state index is 0.770. The van der Waals surface area contributed by atoms with Crippen LogP contribution in [0.2, 0.25) is 0 Å². The molecule has 0 bridgehead atoms. The van der Waals surface area contributed by atoms with E-state index in [1.807, 2.05) is 0 Å². The Labute approximate surface area is 133 Å². The molecule has 4 unspecified atom stereocenters. The summed E-state index contributed by atoms with van der Waals surface area (Å²) in [7, 11) is 0. The molecule has 2 rings (SSSR count). The van der Waals surface area contributed by atoms with Gasteiger partial charge < -0.3 is 10.2 Å². The molecule has 1 heterocycles. The van der Waals surface area contributed by atoms with Crippen molar-refractivity contribution in [2.24, 2.45) is 23.7 Å². The molecule has 1 saturated heterocycles. The van der Waals surface area contributed by atoms with Gasteiger partial charge in [-0.15, -0.1) is 0 Å². The van der Waals surface area contributed by atoms with Gasteiger partial charge in [0.05, 0.1) is 0 Å². The molecule has 0 aromatic heterocycles. The van der Waals surface area contributed by atoms with Gasteiger partial charge in [0.1, 0.15) is 0 Å². The maximum Gasteiger partial charge on any atom is 0.0108 e. The number of nitrogens with one attached hydrogen (secondary N) is 1. The summed E-state index contributed by atoms with van der Waals surface area (Å²) in [5, 5.41) is 3.78. The number of hydrogen-bond donors (Lipinski definition) is 1. The van der Waals surface area contributed by atoms with Crippen LogP contribution in [0, 0.1) is 23.7 Å². The van der Waals surface area contributed by atoms with Crippen LogP contribution >= 0.6 is 0 Å². The lowest BCUT2D eigenvalue weighted by atomic mass is 9.73. The predicted octanol–water partition coefficient (Wildman–Crippen LogP) is 4.16. The molecule has 0 spiro atoms. The van der Waals surface area contributed by atoms with Gasteiger partial charge in [0.2, 0.25) is 0 Å². The van der Waals surface area contributed by atoms with Crippen LogP contribution < -0.4 is 5.32 Å². The van der Waals surface area contributed by atoms with Crippen molar-refractivity contribution in [3.63, 3.8) is 0 Å². The lowest BCUT2D eigenvalue weighted by molar-refractivity contribution is 0.0941. The fourth-order valence-corrected chi connectivity index (χ4v) is 4.62. The van der Waals surface area contributed by atoms with E-state index in [2.05, 4.69) is 37.9 Å². The third-order valence-electron chi connectivity index (χ3n) is 6.11. The molecule has 1 saturated carbocycles. The van der Waals surface area contributed by atoms with Crippen molar-refractivity contribution in [3.05, 3.63) is 0 Å². The highest BCUT2D eigenvalue weighted by Gasteiger charge is 2.33. The standard InChI is InChI=1S/C19H38N2/c1-5-16-8-7-11-21(13-16)14-18-12-17(15(3)4)9-10-19(18)20-6-2/h15-20H,5-14H2,1-4H3. The highest BCUT2D eigenvalue weighted by Crippen LogP contribution is 2.35. The molecule has 1 N–H and O–H groups in total. The zero-order valence-electron chi connectivity index (χ0n) is 14.9. The quantitative estimate of drug-likeness (QED) is 0.791. The zero-order chi connectivity index (χ0) is 15.2.